The van der Waals surface area contributed by atoms with E-state index in [1.54, 1.807) is 6.07 Å². The van der Waals surface area contributed by atoms with Crippen LogP contribution in [0.5, 0.6) is 11.5 Å². The minimum atomic E-state index is -0.415. The molecule has 2 aliphatic rings. The second-order valence-corrected chi connectivity index (χ2v) is 8.59. The molecule has 0 unspecified atom stereocenters. The Labute approximate surface area is 176 Å². The molecular formula is C24H26N2O4. The number of hydrogen-bond acceptors (Lipinski definition) is 6. The van der Waals surface area contributed by atoms with Gasteiger partial charge in [-0.25, -0.2) is 0 Å². The summed E-state index contributed by atoms with van der Waals surface area (Å²) in [6.07, 6.45) is 1.27. The van der Waals surface area contributed by atoms with Crippen molar-refractivity contribution in [2.75, 3.05) is 17.7 Å². The number of carbonyl (C=O) groups excluding carboxylic acids is 2. The molecule has 0 amide bonds. The Kier molecular flexibility index (Phi) is 5.02. The summed E-state index contributed by atoms with van der Waals surface area (Å²) in [4.78, 5) is 24.7. The number of para-hydroxylation sites is 2. The molecule has 1 atom stereocenters. The van der Waals surface area contributed by atoms with E-state index in [2.05, 4.69) is 24.5 Å². The molecular weight excluding hydrogens is 380 g/mol. The molecule has 0 fully saturated rings. The molecule has 0 bridgehead atoms. The van der Waals surface area contributed by atoms with E-state index in [0.717, 1.165) is 34.6 Å². The first-order valence-corrected chi connectivity index (χ1v) is 10.0. The number of esters is 1. The summed E-state index contributed by atoms with van der Waals surface area (Å²) in [5.74, 6) is 0.510. The van der Waals surface area contributed by atoms with Crippen LogP contribution in [0, 0.1) is 5.41 Å². The Bertz CT molecular complexity index is 1050. The van der Waals surface area contributed by atoms with E-state index in [1.807, 2.05) is 36.4 Å². The highest BCUT2D eigenvalue weighted by atomic mass is 16.6. The average molecular weight is 406 g/mol. The van der Waals surface area contributed by atoms with Gasteiger partial charge in [0.1, 0.15) is 0 Å². The monoisotopic (exact) mass is 406 g/mol. The van der Waals surface area contributed by atoms with Crippen LogP contribution in [0.4, 0.5) is 11.4 Å². The van der Waals surface area contributed by atoms with Gasteiger partial charge in [0.15, 0.2) is 17.3 Å². The van der Waals surface area contributed by atoms with Crippen LogP contribution in [-0.2, 0) is 9.59 Å². The Morgan fingerprint density at radius 3 is 2.50 bits per heavy atom. The van der Waals surface area contributed by atoms with Crippen molar-refractivity contribution < 1.29 is 19.1 Å². The van der Waals surface area contributed by atoms with Crippen molar-refractivity contribution >= 4 is 23.1 Å². The van der Waals surface area contributed by atoms with Gasteiger partial charge in [-0.2, -0.15) is 0 Å². The molecule has 1 aliphatic carbocycles. The first-order chi connectivity index (χ1) is 14.3. The highest BCUT2D eigenvalue weighted by molar-refractivity contribution is 6.01. The van der Waals surface area contributed by atoms with Crippen molar-refractivity contribution in [3.05, 3.63) is 59.3 Å². The molecule has 1 heterocycles. The van der Waals surface area contributed by atoms with Crippen LogP contribution in [0.2, 0.25) is 0 Å². The summed E-state index contributed by atoms with van der Waals surface area (Å²) >= 11 is 0. The molecule has 0 spiro atoms. The second kappa shape index (κ2) is 7.52. The van der Waals surface area contributed by atoms with Gasteiger partial charge in [-0.15, -0.1) is 0 Å². The predicted molar refractivity (Wildman–Crippen MR) is 116 cm³/mol. The minimum absolute atomic E-state index is 0.108. The van der Waals surface area contributed by atoms with Gasteiger partial charge in [-0.3, -0.25) is 9.59 Å². The third kappa shape index (κ3) is 3.77. The molecule has 30 heavy (non-hydrogen) atoms. The zero-order chi connectivity index (χ0) is 21.5. The summed E-state index contributed by atoms with van der Waals surface area (Å²) in [7, 11) is 1.53. The number of hydrogen-bond donors (Lipinski definition) is 2. The van der Waals surface area contributed by atoms with Gasteiger partial charge in [0.25, 0.3) is 0 Å². The summed E-state index contributed by atoms with van der Waals surface area (Å²) in [5.41, 5.74) is 4.31. The van der Waals surface area contributed by atoms with E-state index < -0.39 is 5.97 Å². The molecule has 0 saturated heterocycles. The van der Waals surface area contributed by atoms with Crippen molar-refractivity contribution in [1.82, 2.24) is 0 Å². The van der Waals surface area contributed by atoms with Crippen LogP contribution in [0.25, 0.3) is 0 Å². The van der Waals surface area contributed by atoms with E-state index in [1.165, 1.54) is 14.0 Å². The lowest BCUT2D eigenvalue weighted by Gasteiger charge is -2.34. The summed E-state index contributed by atoms with van der Waals surface area (Å²) in [5, 5.41) is 7.05. The van der Waals surface area contributed by atoms with E-state index in [9.17, 15) is 9.59 Å². The Morgan fingerprint density at radius 2 is 1.80 bits per heavy atom. The summed E-state index contributed by atoms with van der Waals surface area (Å²) in [6, 6.07) is 13.0. The van der Waals surface area contributed by atoms with Gasteiger partial charge in [0.05, 0.1) is 24.5 Å². The van der Waals surface area contributed by atoms with E-state index >= 15 is 0 Å². The zero-order valence-corrected chi connectivity index (χ0v) is 17.7. The molecule has 1 aliphatic heterocycles. The molecule has 4 rings (SSSR count). The van der Waals surface area contributed by atoms with Gasteiger partial charge in [-0.05, 0) is 41.7 Å². The summed E-state index contributed by atoms with van der Waals surface area (Å²) < 4.78 is 10.7. The fourth-order valence-electron chi connectivity index (χ4n) is 4.24. The molecule has 0 aromatic heterocycles. The number of ether oxygens (including phenoxy) is 2. The van der Waals surface area contributed by atoms with Crippen LogP contribution in [0.3, 0.4) is 0 Å². The molecule has 2 aromatic rings. The number of ketones is 1. The van der Waals surface area contributed by atoms with Crippen molar-refractivity contribution in [3.8, 4) is 11.5 Å². The maximum atomic E-state index is 13.3. The number of anilines is 2. The van der Waals surface area contributed by atoms with Crippen molar-refractivity contribution in [2.45, 2.75) is 39.7 Å². The van der Waals surface area contributed by atoms with Crippen LogP contribution in [0.1, 0.15) is 45.2 Å². The molecule has 2 aromatic carbocycles. The largest absolute Gasteiger partial charge is 0.493 e. The van der Waals surface area contributed by atoms with Crippen LogP contribution in [0.15, 0.2) is 53.7 Å². The molecule has 0 radical (unpaired) electrons. The number of nitrogens with one attached hydrogen (secondary N) is 2. The van der Waals surface area contributed by atoms with Crippen molar-refractivity contribution in [3.63, 3.8) is 0 Å². The first-order valence-electron chi connectivity index (χ1n) is 10.0. The number of methoxy groups -OCH3 is 1. The third-order valence-electron chi connectivity index (χ3n) is 5.50. The molecule has 156 valence electrons. The highest BCUT2D eigenvalue weighted by Gasteiger charge is 2.38. The zero-order valence-electron chi connectivity index (χ0n) is 17.7. The van der Waals surface area contributed by atoms with Crippen LogP contribution < -0.4 is 20.1 Å². The topological polar surface area (TPSA) is 76.7 Å². The fourth-order valence-corrected chi connectivity index (χ4v) is 4.24. The molecule has 6 heteroatoms. The number of fused-ring (bicyclic) bond motifs is 1. The van der Waals surface area contributed by atoms with Gasteiger partial charge in [0, 0.05) is 24.6 Å². The lowest BCUT2D eigenvalue weighted by atomic mass is 9.73. The van der Waals surface area contributed by atoms with Crippen LogP contribution in [-0.4, -0.2) is 18.9 Å². The van der Waals surface area contributed by atoms with Crippen molar-refractivity contribution in [1.29, 1.82) is 0 Å². The number of carbonyl (C=O) groups is 2. The Morgan fingerprint density at radius 1 is 1.07 bits per heavy atom. The van der Waals surface area contributed by atoms with Gasteiger partial charge < -0.3 is 20.1 Å². The maximum absolute atomic E-state index is 13.3. The first kappa shape index (κ1) is 20.0. The second-order valence-electron chi connectivity index (χ2n) is 8.59. The van der Waals surface area contributed by atoms with E-state index in [-0.39, 0.29) is 17.2 Å². The number of allylic oxidation sites excluding steroid dienone is 1. The van der Waals surface area contributed by atoms with Crippen molar-refractivity contribution in [2.24, 2.45) is 5.41 Å². The van der Waals surface area contributed by atoms with E-state index in [4.69, 9.17) is 9.47 Å². The normalized spacial score (nSPS) is 19.6. The Hall–Kier alpha value is -3.28. The molecule has 6 nitrogen and oxygen atoms in total. The minimum Gasteiger partial charge on any atom is -0.493 e. The molecule has 2 N–H and O–H groups in total. The van der Waals surface area contributed by atoms with E-state index in [0.29, 0.717) is 17.9 Å². The maximum Gasteiger partial charge on any atom is 0.308 e. The van der Waals surface area contributed by atoms with Gasteiger partial charge >= 0.3 is 5.97 Å². The summed E-state index contributed by atoms with van der Waals surface area (Å²) in [6.45, 7) is 5.58. The lowest BCUT2D eigenvalue weighted by molar-refractivity contribution is -0.132. The number of rotatable bonds is 3. The third-order valence-corrected chi connectivity index (χ3v) is 5.50. The lowest BCUT2D eigenvalue weighted by Crippen LogP contribution is -2.31. The SMILES string of the molecule is COc1cc([C@@H]2Nc3ccccc3NC3=C2C(=O)CC(C)(C)C3)ccc1OC(C)=O. The van der Waals surface area contributed by atoms with Gasteiger partial charge in [0.2, 0.25) is 0 Å². The smallest absolute Gasteiger partial charge is 0.308 e. The quantitative estimate of drug-likeness (QED) is 0.561. The van der Waals surface area contributed by atoms with Gasteiger partial charge in [-0.1, -0.05) is 32.0 Å². The number of Topliss-reactive ketones (excluding diaryl/α,β-unsaturated/α-hetero) is 1. The standard InChI is InChI=1S/C24H26N2O4/c1-14(27)30-20-10-9-15(11-21(20)29-4)23-22-18(12-24(2,3)13-19(22)28)25-16-7-5-6-8-17(16)26-23/h5-11,23,25-26H,12-13H2,1-4H3/t23-/m0/s1. The van der Waals surface area contributed by atoms with Crippen LogP contribution >= 0.6 is 0 Å². The Balaban J connectivity index is 1.84. The molecule has 0 saturated carbocycles. The fraction of sp³-hybridized carbons (Fsp3) is 0.333. The number of benzene rings is 2. The highest BCUT2D eigenvalue weighted by Crippen LogP contribution is 2.46. The average Bonchev–Trinajstić information content (AvgIpc) is 2.83. The predicted octanol–water partition coefficient (Wildman–Crippen LogP) is 4.84.